The van der Waals surface area contributed by atoms with E-state index in [-0.39, 0.29) is 18.2 Å². The Hall–Kier alpha value is -4.18. The number of nitrogens with one attached hydrogen (secondary N) is 2. The van der Waals surface area contributed by atoms with Crippen molar-refractivity contribution in [3.8, 4) is 17.2 Å². The highest BCUT2D eigenvalue weighted by molar-refractivity contribution is 9.10. The number of rotatable bonds is 11. The highest BCUT2D eigenvalue weighted by Gasteiger charge is 2.13. The van der Waals surface area contributed by atoms with Crippen molar-refractivity contribution in [2.24, 2.45) is 5.10 Å². The average Bonchev–Trinajstić information content (AvgIpc) is 2.91. The molecule has 0 aromatic heterocycles. The number of esters is 1. The van der Waals surface area contributed by atoms with Gasteiger partial charge >= 0.3 is 5.97 Å². The van der Waals surface area contributed by atoms with Crippen LogP contribution in [0.2, 0.25) is 0 Å². The molecule has 0 atom stereocenters. The third-order valence-electron chi connectivity index (χ3n) is 4.85. The Bertz CT molecular complexity index is 1280. The zero-order valence-corrected chi connectivity index (χ0v) is 21.9. The number of hydrogen-bond donors (Lipinski definition) is 2. The minimum atomic E-state index is -0.531. The van der Waals surface area contributed by atoms with E-state index >= 15 is 0 Å². The number of carbonyl (C=O) groups excluding carboxylic acids is 3. The van der Waals surface area contributed by atoms with E-state index in [0.717, 1.165) is 10.9 Å². The minimum absolute atomic E-state index is 0.237. The second kappa shape index (κ2) is 13.8. The first-order valence-corrected chi connectivity index (χ1v) is 12.2. The van der Waals surface area contributed by atoms with E-state index in [2.05, 4.69) is 31.8 Å². The fraction of sp³-hybridized carbons (Fsp3) is 0.185. The van der Waals surface area contributed by atoms with E-state index in [1.165, 1.54) is 13.3 Å². The number of carbonyl (C=O) groups is 3. The first kappa shape index (κ1) is 27.4. The number of ether oxygens (including phenoxy) is 3. The Morgan fingerprint density at radius 1 is 0.973 bits per heavy atom. The molecule has 3 aromatic rings. The Balaban J connectivity index is 1.50. The van der Waals surface area contributed by atoms with Crippen LogP contribution in [0.5, 0.6) is 17.2 Å². The quantitative estimate of drug-likeness (QED) is 0.154. The lowest BCUT2D eigenvalue weighted by molar-refractivity contribution is -0.120. The van der Waals surface area contributed by atoms with E-state index in [9.17, 15) is 14.4 Å². The molecule has 0 aliphatic rings. The third kappa shape index (κ3) is 8.46. The Labute approximate surface area is 222 Å². The van der Waals surface area contributed by atoms with Crippen LogP contribution >= 0.6 is 15.9 Å². The van der Waals surface area contributed by atoms with Gasteiger partial charge in [-0.3, -0.25) is 9.59 Å². The monoisotopic (exact) mass is 567 g/mol. The number of hydrazone groups is 1. The van der Waals surface area contributed by atoms with Crippen molar-refractivity contribution in [3.05, 3.63) is 87.9 Å². The van der Waals surface area contributed by atoms with Crippen molar-refractivity contribution >= 4 is 39.9 Å². The average molecular weight is 568 g/mol. The van der Waals surface area contributed by atoms with Gasteiger partial charge in [0.2, 0.25) is 0 Å². The summed E-state index contributed by atoms with van der Waals surface area (Å²) in [7, 11) is 1.45. The van der Waals surface area contributed by atoms with Crippen LogP contribution in [-0.2, 0) is 4.79 Å². The maximum absolute atomic E-state index is 12.4. The summed E-state index contributed by atoms with van der Waals surface area (Å²) in [6, 6.07) is 18.3. The molecule has 0 spiro atoms. The molecule has 0 saturated heterocycles. The molecular formula is C27H26BrN3O6. The number of methoxy groups -OCH3 is 1. The smallest absolute Gasteiger partial charge is 0.343 e. The number of nitrogens with zero attached hydrogens (tertiary/aromatic N) is 1. The molecule has 10 heteroatoms. The number of amides is 2. The van der Waals surface area contributed by atoms with Gasteiger partial charge in [0.15, 0.2) is 11.5 Å². The zero-order valence-electron chi connectivity index (χ0n) is 20.3. The summed E-state index contributed by atoms with van der Waals surface area (Å²) < 4.78 is 17.0. The molecule has 9 nitrogen and oxygen atoms in total. The lowest BCUT2D eigenvalue weighted by Gasteiger charge is -2.10. The SMILES string of the molecule is CCCOc1ccc(C(=O)NCC(=O)NN=Cc2ccc(OC(=O)c3cccc(Br)c3)c(OC)c2)cc1. The van der Waals surface area contributed by atoms with Crippen LogP contribution in [-0.4, -0.2) is 44.3 Å². The molecule has 0 bridgehead atoms. The van der Waals surface area contributed by atoms with Gasteiger partial charge in [-0.2, -0.15) is 5.10 Å². The molecule has 0 radical (unpaired) electrons. The van der Waals surface area contributed by atoms with Crippen LogP contribution in [0.15, 0.2) is 76.3 Å². The van der Waals surface area contributed by atoms with Crippen LogP contribution in [0.1, 0.15) is 39.6 Å². The van der Waals surface area contributed by atoms with Gasteiger partial charge in [0, 0.05) is 10.0 Å². The first-order valence-electron chi connectivity index (χ1n) is 11.4. The summed E-state index contributed by atoms with van der Waals surface area (Å²) in [6.45, 7) is 2.36. The summed E-state index contributed by atoms with van der Waals surface area (Å²) in [5.41, 5.74) is 3.73. The van der Waals surface area contributed by atoms with Crippen LogP contribution in [0, 0.1) is 0 Å². The van der Waals surface area contributed by atoms with E-state index < -0.39 is 11.9 Å². The molecule has 0 unspecified atom stereocenters. The van der Waals surface area contributed by atoms with Crippen LogP contribution in [0.4, 0.5) is 0 Å². The number of benzene rings is 3. The standard InChI is InChI=1S/C27H26BrN3O6/c1-3-13-36-22-10-8-19(9-11-22)26(33)29-17-25(32)31-30-16-18-7-12-23(24(14-18)35-2)37-27(34)20-5-4-6-21(28)15-20/h4-12,14-16H,3,13,17H2,1-2H3,(H,29,33)(H,31,32). The van der Waals surface area contributed by atoms with Crippen molar-refractivity contribution in [1.82, 2.24) is 10.7 Å². The predicted octanol–water partition coefficient (Wildman–Crippen LogP) is 4.35. The predicted molar refractivity (Wildman–Crippen MR) is 142 cm³/mol. The highest BCUT2D eigenvalue weighted by Crippen LogP contribution is 2.28. The maximum Gasteiger partial charge on any atom is 0.343 e. The Morgan fingerprint density at radius 3 is 2.46 bits per heavy atom. The molecule has 0 saturated carbocycles. The summed E-state index contributed by atoms with van der Waals surface area (Å²) in [4.78, 5) is 36.7. The third-order valence-corrected chi connectivity index (χ3v) is 5.35. The molecule has 0 heterocycles. The Morgan fingerprint density at radius 2 is 1.76 bits per heavy atom. The highest BCUT2D eigenvalue weighted by atomic mass is 79.9. The number of halogens is 1. The topological polar surface area (TPSA) is 115 Å². The lowest BCUT2D eigenvalue weighted by atomic mass is 10.2. The largest absolute Gasteiger partial charge is 0.494 e. The van der Waals surface area contributed by atoms with E-state index in [4.69, 9.17) is 14.2 Å². The molecule has 0 aliphatic carbocycles. The van der Waals surface area contributed by atoms with Crippen LogP contribution < -0.4 is 25.0 Å². The molecule has 2 N–H and O–H groups in total. The van der Waals surface area contributed by atoms with Gasteiger partial charge in [-0.05, 0) is 72.6 Å². The maximum atomic E-state index is 12.4. The summed E-state index contributed by atoms with van der Waals surface area (Å²) in [5.74, 6) is -0.190. The molecule has 192 valence electrons. The molecule has 3 aromatic carbocycles. The summed E-state index contributed by atoms with van der Waals surface area (Å²) in [6.07, 6.45) is 2.29. The van der Waals surface area contributed by atoms with Crippen molar-refractivity contribution in [2.75, 3.05) is 20.3 Å². The van der Waals surface area contributed by atoms with Crippen molar-refractivity contribution in [3.63, 3.8) is 0 Å². The lowest BCUT2D eigenvalue weighted by Crippen LogP contribution is -2.34. The van der Waals surface area contributed by atoms with E-state index in [1.807, 2.05) is 6.92 Å². The van der Waals surface area contributed by atoms with Gasteiger partial charge in [-0.25, -0.2) is 10.2 Å². The molecule has 3 rings (SSSR count). The molecular weight excluding hydrogens is 542 g/mol. The molecule has 2 amide bonds. The molecule has 37 heavy (non-hydrogen) atoms. The second-order valence-electron chi connectivity index (χ2n) is 7.66. The van der Waals surface area contributed by atoms with Gasteiger partial charge in [0.05, 0.1) is 32.0 Å². The Kier molecular flexibility index (Phi) is 10.2. The fourth-order valence-electron chi connectivity index (χ4n) is 3.03. The van der Waals surface area contributed by atoms with E-state index in [0.29, 0.717) is 34.8 Å². The van der Waals surface area contributed by atoms with Crippen molar-refractivity contribution in [2.45, 2.75) is 13.3 Å². The molecule has 0 fully saturated rings. The fourth-order valence-corrected chi connectivity index (χ4v) is 3.43. The zero-order chi connectivity index (χ0) is 26.6. The van der Waals surface area contributed by atoms with Gasteiger partial charge in [-0.1, -0.05) is 28.9 Å². The van der Waals surface area contributed by atoms with Gasteiger partial charge < -0.3 is 19.5 Å². The van der Waals surface area contributed by atoms with Crippen molar-refractivity contribution in [1.29, 1.82) is 0 Å². The summed E-state index contributed by atoms with van der Waals surface area (Å²) >= 11 is 3.32. The van der Waals surface area contributed by atoms with Gasteiger partial charge in [0.1, 0.15) is 5.75 Å². The second-order valence-corrected chi connectivity index (χ2v) is 8.57. The van der Waals surface area contributed by atoms with Gasteiger partial charge in [-0.15, -0.1) is 0 Å². The molecule has 0 aliphatic heterocycles. The van der Waals surface area contributed by atoms with Crippen molar-refractivity contribution < 1.29 is 28.6 Å². The summed E-state index contributed by atoms with van der Waals surface area (Å²) in [5, 5.41) is 6.43. The minimum Gasteiger partial charge on any atom is -0.494 e. The first-order chi connectivity index (χ1) is 17.9. The van der Waals surface area contributed by atoms with E-state index in [1.54, 1.807) is 66.7 Å². The normalized spacial score (nSPS) is 10.6. The van der Waals surface area contributed by atoms with Crippen LogP contribution in [0.25, 0.3) is 0 Å². The van der Waals surface area contributed by atoms with Crippen LogP contribution in [0.3, 0.4) is 0 Å². The number of hydrogen-bond acceptors (Lipinski definition) is 7. The van der Waals surface area contributed by atoms with Gasteiger partial charge in [0.25, 0.3) is 11.8 Å².